The molecule has 1 fully saturated rings. The predicted octanol–water partition coefficient (Wildman–Crippen LogP) is 2.35. The fourth-order valence-electron chi connectivity index (χ4n) is 3.44. The lowest BCUT2D eigenvalue weighted by atomic mass is 10.00. The van der Waals surface area contributed by atoms with Gasteiger partial charge in [-0.3, -0.25) is 14.7 Å². The Balaban J connectivity index is 1.66. The van der Waals surface area contributed by atoms with Crippen molar-refractivity contribution in [3.05, 3.63) is 52.8 Å². The topological polar surface area (TPSA) is 89.7 Å². The Hall–Kier alpha value is -2.35. The van der Waals surface area contributed by atoms with Crippen molar-refractivity contribution in [3.63, 3.8) is 0 Å². The number of amides is 1. The number of carbonyl (C=O) groups is 1. The number of rotatable bonds is 6. The van der Waals surface area contributed by atoms with E-state index in [-0.39, 0.29) is 18.1 Å². The summed E-state index contributed by atoms with van der Waals surface area (Å²) in [4.78, 5) is 19.3. The zero-order chi connectivity index (χ0) is 20.1. The summed E-state index contributed by atoms with van der Waals surface area (Å²) in [5, 5.41) is 3.38. The third kappa shape index (κ3) is 4.73. The molecule has 2 atom stereocenters. The van der Waals surface area contributed by atoms with Crippen LogP contribution in [-0.4, -0.2) is 55.2 Å². The molecule has 2 aromatic rings. The van der Waals surface area contributed by atoms with Crippen LogP contribution in [0, 0.1) is 0 Å². The number of nitrogen functional groups attached to an aromatic ring is 1. The zero-order valence-electron chi connectivity index (χ0n) is 16.0. The van der Waals surface area contributed by atoms with Crippen molar-refractivity contribution in [2.24, 2.45) is 0 Å². The minimum Gasteiger partial charge on any atom is -0.496 e. The Morgan fingerprint density at radius 2 is 2.25 bits per heavy atom. The molecular weight excluding hydrogens is 380 g/mol. The minimum absolute atomic E-state index is 0.108. The number of nitrogens with one attached hydrogen (secondary N) is 1. The van der Waals surface area contributed by atoms with E-state index in [9.17, 15) is 4.79 Å². The molecule has 8 heteroatoms. The smallest absolute Gasteiger partial charge is 0.255 e. The van der Waals surface area contributed by atoms with Crippen LogP contribution >= 0.6 is 11.6 Å². The Morgan fingerprint density at radius 1 is 1.43 bits per heavy atom. The summed E-state index contributed by atoms with van der Waals surface area (Å²) in [5.74, 6) is 0.133. The number of hydrogen-bond acceptors (Lipinski definition) is 6. The van der Waals surface area contributed by atoms with Crippen molar-refractivity contribution < 1.29 is 14.3 Å². The number of halogens is 1. The third-order valence-corrected chi connectivity index (χ3v) is 5.28. The third-order valence-electron chi connectivity index (χ3n) is 4.95. The summed E-state index contributed by atoms with van der Waals surface area (Å²) >= 11 is 6.08. The molecule has 150 valence electrons. The largest absolute Gasteiger partial charge is 0.496 e. The highest BCUT2D eigenvalue weighted by molar-refractivity contribution is 6.33. The second kappa shape index (κ2) is 9.23. The van der Waals surface area contributed by atoms with Gasteiger partial charge < -0.3 is 20.5 Å². The van der Waals surface area contributed by atoms with Crippen molar-refractivity contribution in [2.75, 3.05) is 33.0 Å². The van der Waals surface area contributed by atoms with Gasteiger partial charge in [0, 0.05) is 45.2 Å². The zero-order valence-corrected chi connectivity index (χ0v) is 16.8. The SMILES string of the molecule is COc1cc(N)c(Cl)cc1C(=O)N[C@H]1CCN(Cc2cccnc2)C[C@H]1OC. The van der Waals surface area contributed by atoms with E-state index >= 15 is 0 Å². The molecule has 3 rings (SSSR count). The number of nitrogens with two attached hydrogens (primary N) is 1. The van der Waals surface area contributed by atoms with Crippen LogP contribution < -0.4 is 15.8 Å². The first kappa shape index (κ1) is 20.4. The molecule has 3 N–H and O–H groups in total. The Morgan fingerprint density at radius 3 is 2.93 bits per heavy atom. The Labute approximate surface area is 169 Å². The lowest BCUT2D eigenvalue weighted by Crippen LogP contribution is -2.54. The van der Waals surface area contributed by atoms with E-state index in [2.05, 4.69) is 21.3 Å². The van der Waals surface area contributed by atoms with Gasteiger partial charge in [-0.25, -0.2) is 0 Å². The molecule has 1 amide bonds. The van der Waals surface area contributed by atoms with Gasteiger partial charge >= 0.3 is 0 Å². The van der Waals surface area contributed by atoms with E-state index in [4.69, 9.17) is 26.8 Å². The summed E-state index contributed by atoms with van der Waals surface area (Å²) in [6.07, 6.45) is 4.29. The molecular formula is C20H25ClN4O3. The second-order valence-corrected chi connectivity index (χ2v) is 7.22. The van der Waals surface area contributed by atoms with Crippen molar-refractivity contribution in [1.29, 1.82) is 0 Å². The van der Waals surface area contributed by atoms with Crippen LogP contribution in [-0.2, 0) is 11.3 Å². The van der Waals surface area contributed by atoms with Crippen LogP contribution in [0.4, 0.5) is 5.69 Å². The summed E-state index contributed by atoms with van der Waals surface area (Å²) in [6, 6.07) is 6.97. The van der Waals surface area contributed by atoms with Gasteiger partial charge in [-0.05, 0) is 24.1 Å². The summed E-state index contributed by atoms with van der Waals surface area (Å²) in [6.45, 7) is 2.37. The summed E-state index contributed by atoms with van der Waals surface area (Å²) < 4.78 is 10.9. The number of carbonyl (C=O) groups excluding carboxylic acids is 1. The lowest BCUT2D eigenvalue weighted by Gasteiger charge is -2.38. The molecule has 1 aliphatic heterocycles. The fraction of sp³-hybridized carbons (Fsp3) is 0.400. The molecule has 1 saturated heterocycles. The first-order chi connectivity index (χ1) is 13.5. The Kier molecular flexibility index (Phi) is 6.72. The lowest BCUT2D eigenvalue weighted by molar-refractivity contribution is 0.00385. The number of nitrogens with zero attached hydrogens (tertiary/aromatic N) is 2. The van der Waals surface area contributed by atoms with Crippen LogP contribution in [0.25, 0.3) is 0 Å². The van der Waals surface area contributed by atoms with E-state index in [0.717, 1.165) is 31.6 Å². The van der Waals surface area contributed by atoms with Crippen molar-refractivity contribution in [3.8, 4) is 5.75 Å². The van der Waals surface area contributed by atoms with E-state index < -0.39 is 0 Å². The molecule has 1 aromatic carbocycles. The van der Waals surface area contributed by atoms with Gasteiger partial charge in [-0.15, -0.1) is 0 Å². The standard InChI is InChI=1S/C20H25ClN4O3/c1-27-18-9-16(22)15(21)8-14(18)20(26)24-17-5-7-25(12-19(17)28-2)11-13-4-3-6-23-10-13/h3-4,6,8-10,17,19H,5,7,11-12,22H2,1-2H3,(H,24,26)/t17-,19+/m0/s1. The van der Waals surface area contributed by atoms with Crippen LogP contribution in [0.1, 0.15) is 22.3 Å². The first-order valence-corrected chi connectivity index (χ1v) is 9.47. The average molecular weight is 405 g/mol. The molecule has 0 saturated carbocycles. The normalized spacial score (nSPS) is 20.0. The molecule has 1 aromatic heterocycles. The van der Waals surface area contributed by atoms with Crippen molar-refractivity contribution >= 4 is 23.2 Å². The van der Waals surface area contributed by atoms with Crippen molar-refractivity contribution in [2.45, 2.75) is 25.1 Å². The number of anilines is 1. The van der Waals surface area contributed by atoms with Crippen LogP contribution in [0.15, 0.2) is 36.7 Å². The maximum absolute atomic E-state index is 12.8. The second-order valence-electron chi connectivity index (χ2n) is 6.81. The van der Waals surface area contributed by atoms with Gasteiger partial charge in [0.25, 0.3) is 5.91 Å². The first-order valence-electron chi connectivity index (χ1n) is 9.09. The number of aromatic nitrogens is 1. The summed E-state index contributed by atoms with van der Waals surface area (Å²) in [7, 11) is 3.16. The molecule has 0 aliphatic carbocycles. The molecule has 0 spiro atoms. The maximum Gasteiger partial charge on any atom is 0.255 e. The van der Waals surface area contributed by atoms with Gasteiger partial charge in [0.1, 0.15) is 5.75 Å². The van der Waals surface area contributed by atoms with Gasteiger partial charge in [0.2, 0.25) is 0 Å². The molecule has 1 aliphatic rings. The molecule has 0 bridgehead atoms. The van der Waals surface area contributed by atoms with Gasteiger partial charge in [-0.2, -0.15) is 0 Å². The monoisotopic (exact) mass is 404 g/mol. The molecule has 2 heterocycles. The quantitative estimate of drug-likeness (QED) is 0.718. The van der Waals surface area contributed by atoms with E-state index in [1.165, 1.54) is 13.2 Å². The number of methoxy groups -OCH3 is 2. The van der Waals surface area contributed by atoms with Gasteiger partial charge in [0.15, 0.2) is 0 Å². The minimum atomic E-state index is -0.258. The number of likely N-dealkylation sites (tertiary alicyclic amines) is 1. The van der Waals surface area contributed by atoms with Crippen molar-refractivity contribution in [1.82, 2.24) is 15.2 Å². The number of ether oxygens (including phenoxy) is 2. The van der Waals surface area contributed by atoms with Crippen LogP contribution in [0.5, 0.6) is 5.75 Å². The van der Waals surface area contributed by atoms with E-state index in [1.807, 2.05) is 12.3 Å². The highest BCUT2D eigenvalue weighted by atomic mass is 35.5. The van der Waals surface area contributed by atoms with E-state index in [0.29, 0.717) is 22.0 Å². The Bertz CT molecular complexity index is 819. The molecule has 28 heavy (non-hydrogen) atoms. The highest BCUT2D eigenvalue weighted by Gasteiger charge is 2.31. The van der Waals surface area contributed by atoms with Crippen LogP contribution in [0.2, 0.25) is 5.02 Å². The number of hydrogen-bond donors (Lipinski definition) is 2. The summed E-state index contributed by atoms with van der Waals surface area (Å²) in [5.41, 5.74) is 7.68. The molecule has 7 nitrogen and oxygen atoms in total. The molecule has 0 radical (unpaired) electrons. The highest BCUT2D eigenvalue weighted by Crippen LogP contribution is 2.29. The van der Waals surface area contributed by atoms with E-state index in [1.54, 1.807) is 19.4 Å². The average Bonchev–Trinajstić information content (AvgIpc) is 2.71. The predicted molar refractivity (Wildman–Crippen MR) is 109 cm³/mol. The van der Waals surface area contributed by atoms with Gasteiger partial charge in [-0.1, -0.05) is 17.7 Å². The fourth-order valence-corrected chi connectivity index (χ4v) is 3.60. The number of benzene rings is 1. The number of piperidine rings is 1. The van der Waals surface area contributed by atoms with Crippen LogP contribution in [0.3, 0.4) is 0 Å². The van der Waals surface area contributed by atoms with Gasteiger partial charge in [0.05, 0.1) is 35.5 Å². The maximum atomic E-state index is 12.8. The molecule has 0 unspecified atom stereocenters. The number of pyridine rings is 1.